The molecular weight excluding hydrogens is 592 g/mol. The van der Waals surface area contributed by atoms with Crippen LogP contribution in [0.25, 0.3) is 10.9 Å². The van der Waals surface area contributed by atoms with Gasteiger partial charge in [-0.25, -0.2) is 9.67 Å². The number of carbonyl (C=O) groups is 4. The van der Waals surface area contributed by atoms with Crippen LogP contribution in [-0.2, 0) is 38.6 Å². The molecule has 0 bridgehead atoms. The molecule has 0 spiro atoms. The van der Waals surface area contributed by atoms with E-state index in [-0.39, 0.29) is 43.0 Å². The lowest BCUT2D eigenvalue weighted by atomic mass is 10.0. The Bertz CT molecular complexity index is 1640. The van der Waals surface area contributed by atoms with Crippen LogP contribution in [0.4, 0.5) is 0 Å². The molecule has 3 amide bonds. The Kier molecular flexibility index (Phi) is 11.7. The first-order chi connectivity index (χ1) is 22.1. The predicted octanol–water partition coefficient (Wildman–Crippen LogP) is 2.86. The number of hydrogen-bond donors (Lipinski definition) is 4. The SMILES string of the molecule is Cc1cc(CC(=O)N2CCCC(=O)N[C@H](Cc3c[nH]c4ccccc34)C(=O)N[C@@H](CC(C)C)c3nc(C)nn3CC2)on1.O=CO. The third kappa shape index (κ3) is 9.02. The lowest BCUT2D eigenvalue weighted by molar-refractivity contribution is -0.132. The molecular formula is C32H42N8O6. The van der Waals surface area contributed by atoms with E-state index in [1.165, 1.54) is 0 Å². The molecule has 4 heterocycles. The maximum atomic E-state index is 13.9. The summed E-state index contributed by atoms with van der Waals surface area (Å²) in [7, 11) is 0. The molecule has 0 unspecified atom stereocenters. The molecule has 246 valence electrons. The molecule has 0 fully saturated rings. The molecule has 0 saturated carbocycles. The van der Waals surface area contributed by atoms with E-state index in [9.17, 15) is 14.4 Å². The maximum absolute atomic E-state index is 13.9. The molecule has 0 radical (unpaired) electrons. The van der Waals surface area contributed by atoms with E-state index in [2.05, 4.69) is 39.7 Å². The standard InChI is InChI=1S/C31H40N8O4.CH2O2/c1-19(2)14-26-30-33-21(4)36-39(30)13-12-38(29(41)17-23-15-20(3)37-43-23)11-7-10-28(40)34-27(31(42)35-26)16-22-18-32-25-9-6-5-8-24(22)25;2-1-3/h5-6,8-9,15,18-19,26-27,32H,7,10-14,16-17H2,1-4H3,(H,34,40)(H,35,42);1H,(H,2,3)/t26-,27+;/m0./s1. The molecule has 46 heavy (non-hydrogen) atoms. The van der Waals surface area contributed by atoms with Gasteiger partial charge in [0.25, 0.3) is 6.47 Å². The largest absolute Gasteiger partial charge is 0.483 e. The van der Waals surface area contributed by atoms with Gasteiger partial charge in [-0.2, -0.15) is 5.10 Å². The number of para-hydroxylation sites is 1. The highest BCUT2D eigenvalue weighted by atomic mass is 16.5. The maximum Gasteiger partial charge on any atom is 0.290 e. The second-order valence-corrected chi connectivity index (χ2v) is 11.8. The number of benzene rings is 1. The van der Waals surface area contributed by atoms with Gasteiger partial charge in [-0.15, -0.1) is 0 Å². The summed E-state index contributed by atoms with van der Waals surface area (Å²) in [5.41, 5.74) is 2.62. The van der Waals surface area contributed by atoms with Crippen LogP contribution in [0.2, 0.25) is 0 Å². The van der Waals surface area contributed by atoms with Crippen LogP contribution in [-0.4, -0.2) is 78.2 Å². The smallest absolute Gasteiger partial charge is 0.290 e. The highest BCUT2D eigenvalue weighted by molar-refractivity contribution is 5.90. The molecule has 0 aliphatic carbocycles. The number of aryl methyl sites for hydroxylation is 2. The van der Waals surface area contributed by atoms with Gasteiger partial charge in [-0.3, -0.25) is 19.2 Å². The van der Waals surface area contributed by atoms with E-state index >= 15 is 0 Å². The zero-order chi connectivity index (χ0) is 33.2. The minimum atomic E-state index is -0.797. The van der Waals surface area contributed by atoms with Gasteiger partial charge < -0.3 is 30.1 Å². The molecule has 5 rings (SSSR count). The van der Waals surface area contributed by atoms with Gasteiger partial charge in [0, 0.05) is 49.1 Å². The summed E-state index contributed by atoms with van der Waals surface area (Å²) < 4.78 is 7.07. The van der Waals surface area contributed by atoms with Crippen LogP contribution < -0.4 is 10.6 Å². The number of fused-ring (bicyclic) bond motifs is 2. The number of H-pyrrole nitrogens is 1. The summed E-state index contributed by atoms with van der Waals surface area (Å²) in [6.07, 6.45) is 3.53. The molecule has 1 aliphatic rings. The summed E-state index contributed by atoms with van der Waals surface area (Å²) in [5.74, 6) is 1.33. The molecule has 4 N–H and O–H groups in total. The number of aromatic nitrogens is 5. The fourth-order valence-electron chi connectivity index (χ4n) is 5.63. The van der Waals surface area contributed by atoms with Gasteiger partial charge >= 0.3 is 0 Å². The first-order valence-electron chi connectivity index (χ1n) is 15.4. The van der Waals surface area contributed by atoms with Crippen LogP contribution in [0.3, 0.4) is 0 Å². The second kappa shape index (κ2) is 15.8. The number of nitrogens with zero attached hydrogens (tertiary/aromatic N) is 5. The third-order valence-corrected chi connectivity index (χ3v) is 7.66. The first-order valence-corrected chi connectivity index (χ1v) is 15.4. The third-order valence-electron chi connectivity index (χ3n) is 7.66. The number of amides is 3. The van der Waals surface area contributed by atoms with Crippen LogP contribution in [0.15, 0.2) is 41.1 Å². The molecule has 1 aliphatic heterocycles. The van der Waals surface area contributed by atoms with Crippen molar-refractivity contribution in [3.05, 3.63) is 65.2 Å². The van der Waals surface area contributed by atoms with Gasteiger partial charge in [0.2, 0.25) is 17.7 Å². The van der Waals surface area contributed by atoms with E-state index in [0.29, 0.717) is 62.0 Å². The second-order valence-electron chi connectivity index (χ2n) is 11.8. The molecule has 14 nitrogen and oxygen atoms in total. The van der Waals surface area contributed by atoms with E-state index in [1.807, 2.05) is 44.3 Å². The monoisotopic (exact) mass is 634 g/mol. The van der Waals surface area contributed by atoms with E-state index in [4.69, 9.17) is 19.4 Å². The van der Waals surface area contributed by atoms with E-state index in [0.717, 1.165) is 16.5 Å². The van der Waals surface area contributed by atoms with Crippen molar-refractivity contribution in [3.63, 3.8) is 0 Å². The van der Waals surface area contributed by atoms with Gasteiger partial charge in [0.05, 0.1) is 24.7 Å². The number of hydrogen-bond acceptors (Lipinski definition) is 8. The molecule has 1 aromatic carbocycles. The molecule has 14 heteroatoms. The number of aromatic amines is 1. The quantitative estimate of drug-likeness (QED) is 0.231. The topological polar surface area (TPSA) is 188 Å². The first kappa shape index (κ1) is 33.9. The average molecular weight is 635 g/mol. The zero-order valence-electron chi connectivity index (χ0n) is 26.7. The highest BCUT2D eigenvalue weighted by Gasteiger charge is 2.29. The number of carbonyl (C=O) groups excluding carboxylic acids is 3. The van der Waals surface area contributed by atoms with E-state index < -0.39 is 12.1 Å². The Hall–Kier alpha value is -5.01. The molecule has 0 saturated heterocycles. The summed E-state index contributed by atoms with van der Waals surface area (Å²) in [6.45, 7) is 8.69. The Balaban J connectivity index is 0.00000154. The summed E-state index contributed by atoms with van der Waals surface area (Å²) >= 11 is 0. The molecule has 2 atom stereocenters. The number of nitrogens with one attached hydrogen (secondary N) is 3. The minimum Gasteiger partial charge on any atom is -0.483 e. The van der Waals surface area contributed by atoms with Crippen LogP contribution in [0.5, 0.6) is 0 Å². The van der Waals surface area contributed by atoms with E-state index in [1.54, 1.807) is 15.6 Å². The van der Waals surface area contributed by atoms with Crippen LogP contribution in [0.1, 0.15) is 67.8 Å². The van der Waals surface area contributed by atoms with Crippen LogP contribution >= 0.6 is 0 Å². The lowest BCUT2D eigenvalue weighted by Gasteiger charge is -2.27. The van der Waals surface area contributed by atoms with Crippen molar-refractivity contribution in [2.45, 2.75) is 78.4 Å². The van der Waals surface area contributed by atoms with Gasteiger partial charge in [-0.1, -0.05) is 37.2 Å². The molecule has 3 aromatic heterocycles. The highest BCUT2D eigenvalue weighted by Crippen LogP contribution is 2.23. The Morgan fingerprint density at radius 1 is 1.13 bits per heavy atom. The van der Waals surface area contributed by atoms with Gasteiger partial charge in [0.15, 0.2) is 0 Å². The summed E-state index contributed by atoms with van der Waals surface area (Å²) in [4.78, 5) is 58.4. The zero-order valence-corrected chi connectivity index (χ0v) is 26.7. The van der Waals surface area contributed by atoms with Crippen molar-refractivity contribution >= 4 is 35.1 Å². The van der Waals surface area contributed by atoms with Crippen molar-refractivity contribution in [3.8, 4) is 0 Å². The normalized spacial score (nSPS) is 17.8. The van der Waals surface area contributed by atoms with Crippen molar-refractivity contribution in [2.75, 3.05) is 13.1 Å². The Labute approximate surface area is 266 Å². The van der Waals surface area contributed by atoms with Crippen molar-refractivity contribution < 1.29 is 28.8 Å². The van der Waals surface area contributed by atoms with Gasteiger partial charge in [-0.05, 0) is 44.2 Å². The average Bonchev–Trinajstić information content (AvgIpc) is 3.71. The summed E-state index contributed by atoms with van der Waals surface area (Å²) in [6, 6.07) is 8.41. The van der Waals surface area contributed by atoms with Gasteiger partial charge in [0.1, 0.15) is 23.5 Å². The fraction of sp³-hybridized carbons (Fsp3) is 0.469. The fourth-order valence-corrected chi connectivity index (χ4v) is 5.63. The Morgan fingerprint density at radius 3 is 2.61 bits per heavy atom. The van der Waals surface area contributed by atoms with Crippen molar-refractivity contribution in [2.24, 2.45) is 5.92 Å². The number of rotatable bonds is 6. The van der Waals surface area contributed by atoms with Crippen molar-refractivity contribution in [1.82, 2.24) is 40.4 Å². The van der Waals surface area contributed by atoms with Crippen LogP contribution in [0, 0.1) is 19.8 Å². The van der Waals surface area contributed by atoms with Crippen molar-refractivity contribution in [1.29, 1.82) is 0 Å². The minimum absolute atomic E-state index is 0.0784. The molecule has 4 aromatic rings. The Morgan fingerprint density at radius 2 is 1.89 bits per heavy atom. The predicted molar refractivity (Wildman–Crippen MR) is 168 cm³/mol. The summed E-state index contributed by atoms with van der Waals surface area (Å²) in [5, 5.41) is 22.6. The number of carboxylic acid groups (broad SMARTS) is 1. The lowest BCUT2D eigenvalue weighted by Crippen LogP contribution is -2.49.